The minimum atomic E-state index is -0.339. The van der Waals surface area contributed by atoms with Crippen LogP contribution in [0.3, 0.4) is 0 Å². The molecule has 0 aromatic carbocycles. The summed E-state index contributed by atoms with van der Waals surface area (Å²) in [5.41, 5.74) is 0.710. The molecule has 2 aromatic heterocycles. The van der Waals surface area contributed by atoms with Crippen molar-refractivity contribution in [2.24, 2.45) is 0 Å². The number of hydrogen-bond donors (Lipinski definition) is 0. The minimum absolute atomic E-state index is 0.243. The molecule has 0 spiro atoms. The Bertz CT molecular complexity index is 613. The lowest BCUT2D eigenvalue weighted by Crippen LogP contribution is -2.08. The molecule has 0 saturated carbocycles. The van der Waals surface area contributed by atoms with E-state index in [1.165, 1.54) is 12.3 Å². The first-order valence-electron chi connectivity index (χ1n) is 5.04. The maximum absolute atomic E-state index is 11.9. The van der Waals surface area contributed by atoms with Crippen LogP contribution >= 0.6 is 34.5 Å². The van der Waals surface area contributed by atoms with Crippen molar-refractivity contribution >= 4 is 46.1 Å². The Morgan fingerprint density at radius 2 is 1.94 bits per heavy atom. The van der Waals surface area contributed by atoms with Crippen LogP contribution < -0.4 is 0 Å². The van der Waals surface area contributed by atoms with Gasteiger partial charge in [-0.15, -0.1) is 11.3 Å². The SMILES string of the molecule is Cc1occc1C(=O)CC(=O)c1cc(Cl)sc1Cl. The van der Waals surface area contributed by atoms with Gasteiger partial charge in [0.1, 0.15) is 10.1 Å². The lowest BCUT2D eigenvalue weighted by atomic mass is 10.0. The van der Waals surface area contributed by atoms with E-state index in [2.05, 4.69) is 0 Å². The van der Waals surface area contributed by atoms with Gasteiger partial charge in [0.25, 0.3) is 0 Å². The van der Waals surface area contributed by atoms with Crippen molar-refractivity contribution in [3.63, 3.8) is 0 Å². The van der Waals surface area contributed by atoms with E-state index in [1.54, 1.807) is 13.0 Å². The van der Waals surface area contributed by atoms with Crippen LogP contribution in [0.15, 0.2) is 22.8 Å². The van der Waals surface area contributed by atoms with Crippen molar-refractivity contribution in [3.05, 3.63) is 44.0 Å². The van der Waals surface area contributed by atoms with Crippen molar-refractivity contribution in [3.8, 4) is 0 Å². The number of ketones is 2. The molecule has 0 N–H and O–H groups in total. The summed E-state index contributed by atoms with van der Waals surface area (Å²) in [7, 11) is 0. The summed E-state index contributed by atoms with van der Waals surface area (Å²) in [5, 5.41) is 0. The Hall–Kier alpha value is -1.10. The topological polar surface area (TPSA) is 47.3 Å². The average molecular weight is 303 g/mol. The van der Waals surface area contributed by atoms with Crippen molar-refractivity contribution in [1.82, 2.24) is 0 Å². The van der Waals surface area contributed by atoms with Crippen LogP contribution in [0.2, 0.25) is 8.67 Å². The molecule has 0 atom stereocenters. The first-order valence-corrected chi connectivity index (χ1v) is 6.61. The lowest BCUT2D eigenvalue weighted by Gasteiger charge is -1.98. The molecule has 0 amide bonds. The fourth-order valence-electron chi connectivity index (χ4n) is 1.54. The molecule has 3 nitrogen and oxygen atoms in total. The molecule has 0 bridgehead atoms. The van der Waals surface area contributed by atoms with E-state index >= 15 is 0 Å². The largest absolute Gasteiger partial charge is 0.469 e. The van der Waals surface area contributed by atoms with E-state index in [0.29, 0.717) is 25.6 Å². The average Bonchev–Trinajstić information content (AvgIpc) is 2.84. The van der Waals surface area contributed by atoms with Gasteiger partial charge in [-0.25, -0.2) is 0 Å². The predicted octanol–water partition coefficient (Wildman–Crippen LogP) is 4.41. The van der Waals surface area contributed by atoms with Gasteiger partial charge in [0.2, 0.25) is 0 Å². The molecule has 0 fully saturated rings. The van der Waals surface area contributed by atoms with E-state index in [-0.39, 0.29) is 18.0 Å². The second-order valence-electron chi connectivity index (χ2n) is 3.65. The maximum Gasteiger partial charge on any atom is 0.174 e. The Labute approximate surface area is 117 Å². The molecule has 94 valence electrons. The summed E-state index contributed by atoms with van der Waals surface area (Å²) in [6.45, 7) is 1.67. The molecule has 0 aliphatic rings. The zero-order valence-corrected chi connectivity index (χ0v) is 11.7. The highest BCUT2D eigenvalue weighted by molar-refractivity contribution is 7.20. The third-order valence-corrected chi connectivity index (χ3v) is 3.93. The molecule has 0 unspecified atom stereocenters. The number of furan rings is 1. The van der Waals surface area contributed by atoms with E-state index in [4.69, 9.17) is 27.6 Å². The molecule has 0 aliphatic heterocycles. The van der Waals surface area contributed by atoms with E-state index in [9.17, 15) is 9.59 Å². The molecule has 2 heterocycles. The van der Waals surface area contributed by atoms with Gasteiger partial charge in [-0.1, -0.05) is 23.2 Å². The monoisotopic (exact) mass is 302 g/mol. The Balaban J connectivity index is 2.16. The minimum Gasteiger partial charge on any atom is -0.469 e. The summed E-state index contributed by atoms with van der Waals surface area (Å²) < 4.78 is 5.76. The van der Waals surface area contributed by atoms with Crippen LogP contribution in [-0.2, 0) is 0 Å². The van der Waals surface area contributed by atoms with Gasteiger partial charge < -0.3 is 4.42 Å². The summed E-state index contributed by atoms with van der Waals surface area (Å²) in [4.78, 5) is 23.8. The number of Topliss-reactive ketones (excluding diaryl/α,β-unsaturated/α-hetero) is 2. The fraction of sp³-hybridized carbons (Fsp3) is 0.167. The number of thiophene rings is 1. The predicted molar refractivity (Wildman–Crippen MR) is 71.1 cm³/mol. The highest BCUT2D eigenvalue weighted by Gasteiger charge is 2.20. The fourth-order valence-corrected chi connectivity index (χ4v) is 3.04. The zero-order chi connectivity index (χ0) is 13.3. The summed E-state index contributed by atoms with van der Waals surface area (Å²) in [6.07, 6.45) is 1.18. The lowest BCUT2D eigenvalue weighted by molar-refractivity contribution is 0.0894. The second-order valence-corrected chi connectivity index (χ2v) is 5.94. The molecule has 0 saturated heterocycles. The number of hydrogen-bond acceptors (Lipinski definition) is 4. The number of halogens is 2. The van der Waals surface area contributed by atoms with Gasteiger partial charge in [0, 0.05) is 5.56 Å². The smallest absolute Gasteiger partial charge is 0.174 e. The molecule has 0 aliphatic carbocycles. The molecule has 0 radical (unpaired) electrons. The van der Waals surface area contributed by atoms with Crippen LogP contribution in [0.1, 0.15) is 32.9 Å². The highest BCUT2D eigenvalue weighted by Crippen LogP contribution is 2.32. The maximum atomic E-state index is 11.9. The van der Waals surface area contributed by atoms with Crippen LogP contribution in [0, 0.1) is 6.92 Å². The molecule has 18 heavy (non-hydrogen) atoms. The van der Waals surface area contributed by atoms with Gasteiger partial charge >= 0.3 is 0 Å². The van der Waals surface area contributed by atoms with Gasteiger partial charge in [-0.05, 0) is 19.1 Å². The van der Waals surface area contributed by atoms with Crippen molar-refractivity contribution < 1.29 is 14.0 Å². The van der Waals surface area contributed by atoms with Crippen molar-refractivity contribution in [1.29, 1.82) is 0 Å². The highest BCUT2D eigenvalue weighted by atomic mass is 35.5. The summed E-state index contributed by atoms with van der Waals surface area (Å²) in [5.74, 6) is -0.124. The van der Waals surface area contributed by atoms with Crippen LogP contribution in [-0.4, -0.2) is 11.6 Å². The van der Waals surface area contributed by atoms with Crippen LogP contribution in [0.4, 0.5) is 0 Å². The van der Waals surface area contributed by atoms with E-state index in [1.807, 2.05) is 0 Å². The Kier molecular flexibility index (Phi) is 3.90. The van der Waals surface area contributed by atoms with E-state index in [0.717, 1.165) is 11.3 Å². The first kappa shape index (κ1) is 13.3. The Morgan fingerprint density at radius 1 is 1.28 bits per heavy atom. The number of carbonyl (C=O) groups excluding carboxylic acids is 2. The van der Waals surface area contributed by atoms with Crippen molar-refractivity contribution in [2.45, 2.75) is 13.3 Å². The van der Waals surface area contributed by atoms with Gasteiger partial charge in [-0.2, -0.15) is 0 Å². The number of rotatable bonds is 4. The number of aryl methyl sites for hydroxylation is 1. The molecular formula is C12H8Cl2O3S. The molecule has 2 aromatic rings. The van der Waals surface area contributed by atoms with Crippen LogP contribution in [0.25, 0.3) is 0 Å². The summed E-state index contributed by atoms with van der Waals surface area (Å²) in [6, 6.07) is 3.03. The van der Waals surface area contributed by atoms with Crippen LogP contribution in [0.5, 0.6) is 0 Å². The number of carbonyl (C=O) groups is 2. The standard InChI is InChI=1S/C12H8Cl2O3S/c1-6-7(2-3-17-6)9(15)5-10(16)8-4-11(13)18-12(8)14/h2-4H,5H2,1H3. The quantitative estimate of drug-likeness (QED) is 0.621. The van der Waals surface area contributed by atoms with Gasteiger partial charge in [0.05, 0.1) is 22.6 Å². The second kappa shape index (κ2) is 5.26. The third kappa shape index (κ3) is 2.66. The molecule has 6 heteroatoms. The molecule has 2 rings (SSSR count). The summed E-state index contributed by atoms with van der Waals surface area (Å²) >= 11 is 12.7. The zero-order valence-electron chi connectivity index (χ0n) is 9.33. The first-order chi connectivity index (χ1) is 8.49. The third-order valence-electron chi connectivity index (χ3n) is 2.44. The van der Waals surface area contributed by atoms with E-state index < -0.39 is 0 Å². The normalized spacial score (nSPS) is 10.6. The Morgan fingerprint density at radius 3 is 2.44 bits per heavy atom. The van der Waals surface area contributed by atoms with Gasteiger partial charge in [0.15, 0.2) is 11.6 Å². The van der Waals surface area contributed by atoms with Crippen molar-refractivity contribution in [2.75, 3.05) is 0 Å². The van der Waals surface area contributed by atoms with Gasteiger partial charge in [-0.3, -0.25) is 9.59 Å². The molecular weight excluding hydrogens is 295 g/mol.